The smallest absolute Gasteiger partial charge is 0.123 e. The molecule has 104 valence electrons. The molecule has 0 fully saturated rings. The minimum Gasteiger partial charge on any atom is -0.497 e. The van der Waals surface area contributed by atoms with Crippen LogP contribution in [0.5, 0.6) is 5.75 Å². The lowest BCUT2D eigenvalue weighted by atomic mass is 9.85. The average molecular weight is 292 g/mol. The van der Waals surface area contributed by atoms with Crippen molar-refractivity contribution in [1.29, 1.82) is 0 Å². The molecule has 0 heterocycles. The summed E-state index contributed by atoms with van der Waals surface area (Å²) in [5.74, 6) is 0.415. The Hall–Kier alpha value is -1.58. The van der Waals surface area contributed by atoms with Crippen LogP contribution < -0.4 is 10.5 Å². The number of rotatable bonds is 2. The predicted molar refractivity (Wildman–Crippen MR) is 77.7 cm³/mol. The fraction of sp³-hybridized carbons (Fsp3) is 0.250. The van der Waals surface area contributed by atoms with Crippen molar-refractivity contribution in [3.05, 3.63) is 63.9 Å². The first-order chi connectivity index (χ1) is 9.54. The summed E-state index contributed by atoms with van der Waals surface area (Å²) in [5.41, 5.74) is 8.57. The van der Waals surface area contributed by atoms with Crippen molar-refractivity contribution in [2.45, 2.75) is 18.4 Å². The van der Waals surface area contributed by atoms with Gasteiger partial charge in [-0.15, -0.1) is 0 Å². The Balaban J connectivity index is 2.18. The lowest BCUT2D eigenvalue weighted by Crippen LogP contribution is -2.35. The van der Waals surface area contributed by atoms with E-state index in [9.17, 15) is 4.39 Å². The number of ether oxygens (including phenoxy) is 1. The summed E-state index contributed by atoms with van der Waals surface area (Å²) in [6, 6.07) is 10.2. The molecule has 0 amide bonds. The molecular weight excluding hydrogens is 277 g/mol. The summed E-state index contributed by atoms with van der Waals surface area (Å²) in [6.45, 7) is 0. The highest BCUT2D eigenvalue weighted by atomic mass is 35.5. The second-order valence-electron chi connectivity index (χ2n) is 5.12. The molecule has 2 aromatic rings. The van der Waals surface area contributed by atoms with E-state index in [0.29, 0.717) is 17.0 Å². The van der Waals surface area contributed by atoms with Crippen molar-refractivity contribution < 1.29 is 9.13 Å². The molecule has 0 saturated heterocycles. The van der Waals surface area contributed by atoms with Crippen LogP contribution in [0.3, 0.4) is 0 Å². The van der Waals surface area contributed by atoms with Gasteiger partial charge in [-0.3, -0.25) is 0 Å². The molecule has 0 aliphatic heterocycles. The van der Waals surface area contributed by atoms with Crippen LogP contribution in [0.1, 0.15) is 23.1 Å². The quantitative estimate of drug-likeness (QED) is 0.917. The SMILES string of the molecule is COc1ccc2c(c1)C(N)(c1cc(F)ccc1Cl)CC2. The summed E-state index contributed by atoms with van der Waals surface area (Å²) < 4.78 is 18.8. The summed E-state index contributed by atoms with van der Waals surface area (Å²) in [5, 5.41) is 0.490. The number of fused-ring (bicyclic) bond motifs is 1. The first kappa shape index (κ1) is 13.4. The molecule has 0 bridgehead atoms. The molecular formula is C16H15ClFNO. The first-order valence-corrected chi connectivity index (χ1v) is 6.84. The summed E-state index contributed by atoms with van der Waals surface area (Å²) in [7, 11) is 1.62. The molecule has 20 heavy (non-hydrogen) atoms. The van der Waals surface area contributed by atoms with Crippen LogP contribution in [0.15, 0.2) is 36.4 Å². The molecule has 1 aliphatic carbocycles. The van der Waals surface area contributed by atoms with Gasteiger partial charge >= 0.3 is 0 Å². The average Bonchev–Trinajstić information content (AvgIpc) is 2.79. The zero-order valence-electron chi connectivity index (χ0n) is 11.1. The van der Waals surface area contributed by atoms with Crippen molar-refractivity contribution in [1.82, 2.24) is 0 Å². The van der Waals surface area contributed by atoms with Gasteiger partial charge in [-0.2, -0.15) is 0 Å². The van der Waals surface area contributed by atoms with Crippen molar-refractivity contribution in [2.24, 2.45) is 5.73 Å². The number of hydrogen-bond acceptors (Lipinski definition) is 2. The molecule has 2 N–H and O–H groups in total. The lowest BCUT2D eigenvalue weighted by molar-refractivity contribution is 0.413. The largest absolute Gasteiger partial charge is 0.497 e. The Labute approximate surface area is 122 Å². The van der Waals surface area contributed by atoms with E-state index in [4.69, 9.17) is 22.1 Å². The topological polar surface area (TPSA) is 35.2 Å². The molecule has 1 unspecified atom stereocenters. The highest BCUT2D eigenvalue weighted by molar-refractivity contribution is 6.31. The maximum atomic E-state index is 13.6. The van der Waals surface area contributed by atoms with E-state index in [1.54, 1.807) is 13.2 Å². The zero-order chi connectivity index (χ0) is 14.3. The Kier molecular flexibility index (Phi) is 3.19. The Morgan fingerprint density at radius 1 is 1.20 bits per heavy atom. The van der Waals surface area contributed by atoms with Gasteiger partial charge < -0.3 is 10.5 Å². The van der Waals surface area contributed by atoms with Crippen molar-refractivity contribution >= 4 is 11.6 Å². The van der Waals surface area contributed by atoms with E-state index in [-0.39, 0.29) is 5.82 Å². The normalized spacial score (nSPS) is 20.8. The molecule has 0 saturated carbocycles. The molecule has 0 aromatic heterocycles. The number of hydrogen-bond donors (Lipinski definition) is 1. The number of halogens is 2. The van der Waals surface area contributed by atoms with Gasteiger partial charge in [0.15, 0.2) is 0 Å². The van der Waals surface area contributed by atoms with Crippen LogP contribution >= 0.6 is 11.6 Å². The van der Waals surface area contributed by atoms with Crippen LogP contribution in [0.25, 0.3) is 0 Å². The van der Waals surface area contributed by atoms with Gasteiger partial charge in [0.1, 0.15) is 11.6 Å². The second kappa shape index (κ2) is 4.76. The molecule has 1 aliphatic rings. The van der Waals surface area contributed by atoms with Crippen LogP contribution in [-0.2, 0) is 12.0 Å². The monoisotopic (exact) mass is 291 g/mol. The van der Waals surface area contributed by atoms with Crippen molar-refractivity contribution in [2.75, 3.05) is 7.11 Å². The van der Waals surface area contributed by atoms with Gasteiger partial charge in [0.05, 0.1) is 12.6 Å². The van der Waals surface area contributed by atoms with Crippen LogP contribution in [-0.4, -0.2) is 7.11 Å². The Bertz CT molecular complexity index is 674. The molecule has 1 atom stereocenters. The molecule has 0 radical (unpaired) electrons. The van der Waals surface area contributed by atoms with Crippen molar-refractivity contribution in [3.8, 4) is 5.75 Å². The minimum absolute atomic E-state index is 0.328. The lowest BCUT2D eigenvalue weighted by Gasteiger charge is -2.27. The highest BCUT2D eigenvalue weighted by Crippen LogP contribution is 2.43. The van der Waals surface area contributed by atoms with Crippen LogP contribution in [0.4, 0.5) is 4.39 Å². The predicted octanol–water partition coefficient (Wildman–Crippen LogP) is 3.64. The third-order valence-electron chi connectivity index (χ3n) is 4.00. The van der Waals surface area contributed by atoms with E-state index in [2.05, 4.69) is 0 Å². The van der Waals surface area contributed by atoms with Crippen molar-refractivity contribution in [3.63, 3.8) is 0 Å². The molecule has 3 rings (SSSR count). The summed E-state index contributed by atoms with van der Waals surface area (Å²) in [4.78, 5) is 0. The minimum atomic E-state index is -0.761. The van der Waals surface area contributed by atoms with E-state index >= 15 is 0 Å². The van der Waals surface area contributed by atoms with E-state index in [0.717, 1.165) is 23.3 Å². The van der Waals surface area contributed by atoms with Gasteiger partial charge in [0.2, 0.25) is 0 Å². The fourth-order valence-electron chi connectivity index (χ4n) is 2.90. The van der Waals surface area contributed by atoms with Gasteiger partial charge in [0, 0.05) is 5.02 Å². The maximum Gasteiger partial charge on any atom is 0.123 e. The third-order valence-corrected chi connectivity index (χ3v) is 4.32. The van der Waals surface area contributed by atoms with E-state index in [1.807, 2.05) is 18.2 Å². The van der Waals surface area contributed by atoms with Gasteiger partial charge in [0.25, 0.3) is 0 Å². The second-order valence-corrected chi connectivity index (χ2v) is 5.53. The van der Waals surface area contributed by atoms with Gasteiger partial charge in [-0.1, -0.05) is 17.7 Å². The first-order valence-electron chi connectivity index (χ1n) is 6.46. The molecule has 2 nitrogen and oxygen atoms in total. The Morgan fingerprint density at radius 2 is 2.00 bits per heavy atom. The molecule has 0 spiro atoms. The standard InChI is InChI=1S/C16H15ClFNO/c1-20-12-4-2-10-6-7-16(19,13(10)9-12)14-8-11(18)3-5-15(14)17/h2-5,8-9H,6-7,19H2,1H3. The number of methoxy groups -OCH3 is 1. The van der Waals surface area contributed by atoms with Crippen LogP contribution in [0, 0.1) is 5.82 Å². The number of nitrogens with two attached hydrogens (primary N) is 1. The fourth-order valence-corrected chi connectivity index (χ4v) is 3.19. The summed E-state index contributed by atoms with van der Waals surface area (Å²) in [6.07, 6.45) is 1.56. The molecule has 4 heteroatoms. The highest BCUT2D eigenvalue weighted by Gasteiger charge is 2.38. The third kappa shape index (κ3) is 1.98. The zero-order valence-corrected chi connectivity index (χ0v) is 11.9. The van der Waals surface area contributed by atoms with Gasteiger partial charge in [-0.25, -0.2) is 4.39 Å². The van der Waals surface area contributed by atoms with E-state index < -0.39 is 5.54 Å². The van der Waals surface area contributed by atoms with Crippen LogP contribution in [0.2, 0.25) is 5.02 Å². The number of benzene rings is 2. The maximum absolute atomic E-state index is 13.6. The summed E-state index contributed by atoms with van der Waals surface area (Å²) >= 11 is 6.23. The number of aryl methyl sites for hydroxylation is 1. The Morgan fingerprint density at radius 3 is 2.75 bits per heavy atom. The van der Waals surface area contributed by atoms with Gasteiger partial charge in [-0.05, 0) is 59.9 Å². The van der Waals surface area contributed by atoms with E-state index in [1.165, 1.54) is 12.1 Å². The molecule has 2 aromatic carbocycles.